The molecule has 0 spiro atoms. The maximum absolute atomic E-state index is 13.5. The number of alkyl halides is 3. The van der Waals surface area contributed by atoms with Crippen molar-refractivity contribution < 1.29 is 18.0 Å². The summed E-state index contributed by atoms with van der Waals surface area (Å²) in [4.78, 5) is 25.8. The van der Waals surface area contributed by atoms with E-state index < -0.39 is 17.8 Å². The lowest BCUT2D eigenvalue weighted by molar-refractivity contribution is -0.137. The predicted octanol–water partition coefficient (Wildman–Crippen LogP) is 4.81. The summed E-state index contributed by atoms with van der Waals surface area (Å²) in [5, 5.41) is 9.67. The number of halogens is 3. The number of aryl methyl sites for hydroxylation is 2. The van der Waals surface area contributed by atoms with Gasteiger partial charge in [-0.25, -0.2) is 24.4 Å². The van der Waals surface area contributed by atoms with Gasteiger partial charge in [-0.2, -0.15) is 18.3 Å². The molecule has 0 bridgehead atoms. The van der Waals surface area contributed by atoms with Crippen molar-refractivity contribution in [2.75, 3.05) is 10.6 Å². The molecule has 0 fully saturated rings. The first-order valence-electron chi connectivity index (χ1n) is 9.16. The van der Waals surface area contributed by atoms with E-state index >= 15 is 0 Å². The maximum Gasteiger partial charge on any atom is 0.420 e. The van der Waals surface area contributed by atoms with Crippen LogP contribution < -0.4 is 10.6 Å². The van der Waals surface area contributed by atoms with Crippen LogP contribution in [-0.4, -0.2) is 30.8 Å². The lowest BCUT2D eigenvalue weighted by Crippen LogP contribution is -2.21. The Morgan fingerprint density at radius 1 is 1.23 bits per heavy atom. The van der Waals surface area contributed by atoms with E-state index in [2.05, 4.69) is 30.7 Å². The molecular formula is C19H16F3N7OS. The molecule has 0 aliphatic heterocycles. The summed E-state index contributed by atoms with van der Waals surface area (Å²) in [7, 11) is 0. The van der Waals surface area contributed by atoms with Gasteiger partial charge in [-0.15, -0.1) is 0 Å². The van der Waals surface area contributed by atoms with Gasteiger partial charge in [0.25, 0.3) is 0 Å². The van der Waals surface area contributed by atoms with Crippen molar-refractivity contribution in [3.05, 3.63) is 53.1 Å². The molecule has 0 atom stereocenters. The molecule has 0 radical (unpaired) electrons. The van der Waals surface area contributed by atoms with Crippen molar-refractivity contribution in [3.8, 4) is 5.82 Å². The highest BCUT2D eigenvalue weighted by Gasteiger charge is 2.35. The van der Waals surface area contributed by atoms with Gasteiger partial charge in [0.2, 0.25) is 0 Å². The molecule has 4 aromatic rings. The number of urea groups is 1. The standard InChI is InChI=1S/C19H16F3N7OS/c1-3-12-14(9-24-17-15(12)26-10(2)31-17)28-18(30)27-11-7-13(19(20,21)22)16(23-8-11)29-6-4-5-25-29/h4-9H,3H2,1-2H3,(H2,27,28,30). The minimum Gasteiger partial charge on any atom is -0.306 e. The number of fused-ring (bicyclic) bond motifs is 1. The average molecular weight is 447 g/mol. The van der Waals surface area contributed by atoms with Gasteiger partial charge in [-0.3, -0.25) is 0 Å². The third kappa shape index (κ3) is 4.19. The van der Waals surface area contributed by atoms with Crippen molar-refractivity contribution in [3.63, 3.8) is 0 Å². The van der Waals surface area contributed by atoms with E-state index in [4.69, 9.17) is 0 Å². The Balaban J connectivity index is 1.60. The van der Waals surface area contributed by atoms with E-state index in [9.17, 15) is 18.0 Å². The predicted molar refractivity (Wildman–Crippen MR) is 111 cm³/mol. The molecule has 8 nitrogen and oxygen atoms in total. The van der Waals surface area contributed by atoms with Crippen LogP contribution in [-0.2, 0) is 12.6 Å². The Bertz CT molecular complexity index is 1250. The van der Waals surface area contributed by atoms with Crippen LogP contribution in [0.2, 0.25) is 0 Å². The maximum atomic E-state index is 13.5. The molecule has 4 aromatic heterocycles. The van der Waals surface area contributed by atoms with E-state index in [0.29, 0.717) is 17.6 Å². The van der Waals surface area contributed by atoms with Crippen LogP contribution >= 0.6 is 11.3 Å². The number of anilines is 2. The van der Waals surface area contributed by atoms with Crippen LogP contribution in [0.3, 0.4) is 0 Å². The van der Waals surface area contributed by atoms with E-state index in [0.717, 1.165) is 32.3 Å². The first kappa shape index (κ1) is 20.7. The molecule has 31 heavy (non-hydrogen) atoms. The zero-order chi connectivity index (χ0) is 22.2. The monoisotopic (exact) mass is 447 g/mol. The summed E-state index contributed by atoms with van der Waals surface area (Å²) in [5.74, 6) is -0.384. The fourth-order valence-electron chi connectivity index (χ4n) is 3.09. The minimum atomic E-state index is -4.69. The van der Waals surface area contributed by atoms with Crippen molar-refractivity contribution in [2.24, 2.45) is 0 Å². The Labute approximate surface area is 178 Å². The number of rotatable bonds is 4. The Morgan fingerprint density at radius 3 is 2.71 bits per heavy atom. The highest BCUT2D eigenvalue weighted by Crippen LogP contribution is 2.34. The SMILES string of the molecule is CCc1c(NC(=O)Nc2cnc(-n3cccn3)c(C(F)(F)F)c2)cnc2sc(C)nc12. The van der Waals surface area contributed by atoms with Crippen LogP contribution in [0.15, 0.2) is 36.9 Å². The normalized spacial score (nSPS) is 11.6. The van der Waals surface area contributed by atoms with Gasteiger partial charge in [-0.1, -0.05) is 18.3 Å². The van der Waals surface area contributed by atoms with Gasteiger partial charge in [0, 0.05) is 18.0 Å². The highest BCUT2D eigenvalue weighted by molar-refractivity contribution is 7.18. The topological polar surface area (TPSA) is 97.6 Å². The van der Waals surface area contributed by atoms with Crippen molar-refractivity contribution in [1.29, 1.82) is 0 Å². The molecule has 160 valence electrons. The summed E-state index contributed by atoms with van der Waals surface area (Å²) >= 11 is 1.44. The van der Waals surface area contributed by atoms with Crippen LogP contribution in [0.5, 0.6) is 0 Å². The summed E-state index contributed by atoms with van der Waals surface area (Å²) in [6, 6.07) is 1.58. The first-order valence-corrected chi connectivity index (χ1v) is 9.98. The molecule has 4 rings (SSSR count). The van der Waals surface area contributed by atoms with E-state index in [1.807, 2.05) is 13.8 Å². The molecular weight excluding hydrogens is 431 g/mol. The lowest BCUT2D eigenvalue weighted by atomic mass is 10.1. The fourth-order valence-corrected chi connectivity index (χ4v) is 3.88. The van der Waals surface area contributed by atoms with Crippen molar-refractivity contribution >= 4 is 39.1 Å². The summed E-state index contributed by atoms with van der Waals surface area (Å²) < 4.78 is 41.6. The molecule has 0 aromatic carbocycles. The molecule has 0 saturated heterocycles. The summed E-state index contributed by atoms with van der Waals surface area (Å²) in [5.41, 5.74) is 0.802. The van der Waals surface area contributed by atoms with Crippen molar-refractivity contribution in [2.45, 2.75) is 26.4 Å². The Morgan fingerprint density at radius 2 is 2.03 bits per heavy atom. The summed E-state index contributed by atoms with van der Waals surface area (Å²) in [6.07, 6.45) is 1.26. The van der Waals surface area contributed by atoms with Crippen molar-refractivity contribution in [1.82, 2.24) is 24.7 Å². The number of amides is 2. The Hall–Kier alpha value is -3.54. The van der Waals surface area contributed by atoms with Gasteiger partial charge in [0.15, 0.2) is 5.82 Å². The third-order valence-corrected chi connectivity index (χ3v) is 5.27. The average Bonchev–Trinajstić information content (AvgIpc) is 3.36. The van der Waals surface area contributed by atoms with Gasteiger partial charge in [-0.05, 0) is 25.5 Å². The number of thiazole rings is 1. The molecule has 2 N–H and O–H groups in total. The highest BCUT2D eigenvalue weighted by atomic mass is 32.1. The van der Waals surface area contributed by atoms with Crippen LogP contribution in [0, 0.1) is 6.92 Å². The number of carbonyl (C=O) groups is 1. The van der Waals surface area contributed by atoms with E-state index in [1.54, 1.807) is 0 Å². The zero-order valence-electron chi connectivity index (χ0n) is 16.4. The largest absolute Gasteiger partial charge is 0.420 e. The fraction of sp³-hybridized carbons (Fsp3) is 0.211. The van der Waals surface area contributed by atoms with Gasteiger partial charge in [0.1, 0.15) is 15.9 Å². The quantitative estimate of drug-likeness (QED) is 0.468. The molecule has 4 heterocycles. The molecule has 0 aliphatic carbocycles. The Kier molecular flexibility index (Phi) is 5.31. The first-order chi connectivity index (χ1) is 14.8. The van der Waals surface area contributed by atoms with Crippen LogP contribution in [0.25, 0.3) is 16.2 Å². The second-order valence-corrected chi connectivity index (χ2v) is 7.69. The van der Waals surface area contributed by atoms with Gasteiger partial charge < -0.3 is 10.6 Å². The third-order valence-electron chi connectivity index (χ3n) is 4.39. The minimum absolute atomic E-state index is 0.114. The second kappa shape index (κ2) is 7.95. The van der Waals surface area contributed by atoms with Crippen LogP contribution in [0.1, 0.15) is 23.1 Å². The molecule has 2 amide bonds. The zero-order valence-corrected chi connectivity index (χ0v) is 17.2. The van der Waals surface area contributed by atoms with Gasteiger partial charge >= 0.3 is 12.2 Å². The second-order valence-electron chi connectivity index (χ2n) is 6.51. The number of hydrogen-bond acceptors (Lipinski definition) is 6. The number of aromatic nitrogens is 5. The smallest absolute Gasteiger partial charge is 0.306 e. The number of carbonyl (C=O) groups excluding carboxylic acids is 1. The molecule has 0 aliphatic rings. The summed E-state index contributed by atoms with van der Waals surface area (Å²) in [6.45, 7) is 3.78. The number of nitrogens with one attached hydrogen (secondary N) is 2. The van der Waals surface area contributed by atoms with Crippen LogP contribution in [0.4, 0.5) is 29.3 Å². The van der Waals surface area contributed by atoms with E-state index in [-0.39, 0.29) is 11.5 Å². The lowest BCUT2D eigenvalue weighted by Gasteiger charge is -2.15. The van der Waals surface area contributed by atoms with E-state index in [1.165, 1.54) is 36.0 Å². The van der Waals surface area contributed by atoms with Gasteiger partial charge in [0.05, 0.1) is 28.8 Å². The number of hydrogen-bond donors (Lipinski definition) is 2. The molecule has 12 heteroatoms. The number of pyridine rings is 2. The number of nitrogens with zero attached hydrogens (tertiary/aromatic N) is 5. The molecule has 0 saturated carbocycles. The molecule has 0 unspecified atom stereocenters.